The summed E-state index contributed by atoms with van der Waals surface area (Å²) in [5.74, 6) is -1.79. The van der Waals surface area contributed by atoms with E-state index in [4.69, 9.17) is 46.9 Å². The Morgan fingerprint density at radius 3 is 1.57 bits per heavy atom. The van der Waals surface area contributed by atoms with Gasteiger partial charge < -0.3 is 23.7 Å². The van der Waals surface area contributed by atoms with Gasteiger partial charge >= 0.3 is 17.9 Å². The Morgan fingerprint density at radius 1 is 0.784 bits per heavy atom. The van der Waals surface area contributed by atoms with Gasteiger partial charge in [-0.2, -0.15) is 0 Å². The predicted molar refractivity (Wildman–Crippen MR) is 145 cm³/mol. The van der Waals surface area contributed by atoms with E-state index in [9.17, 15) is 14.4 Å². The average molecular weight is 570 g/mol. The van der Waals surface area contributed by atoms with Gasteiger partial charge in [0.2, 0.25) is 0 Å². The first-order valence-electron chi connectivity index (χ1n) is 11.2. The minimum Gasteiger partial charge on any atom is -0.494 e. The first-order valence-corrected chi connectivity index (χ1v) is 15.6. The van der Waals surface area contributed by atoms with Crippen LogP contribution >= 0.6 is 23.2 Å². The highest BCUT2D eigenvalue weighted by Crippen LogP contribution is 2.38. The Labute approximate surface area is 227 Å². The first kappa shape index (κ1) is 30.2. The molecule has 200 valence electrons. The topological polar surface area (TPSA) is 97.4 Å². The molecule has 0 fully saturated rings. The van der Waals surface area contributed by atoms with Crippen LogP contribution in [0.3, 0.4) is 0 Å². The number of benzene rings is 2. The van der Waals surface area contributed by atoms with Crippen molar-refractivity contribution in [2.24, 2.45) is 0 Å². The third-order valence-electron chi connectivity index (χ3n) is 5.29. The number of esters is 3. The van der Waals surface area contributed by atoms with E-state index >= 15 is 0 Å². The van der Waals surface area contributed by atoms with Crippen molar-refractivity contribution in [1.82, 2.24) is 0 Å². The van der Waals surface area contributed by atoms with E-state index in [0.29, 0.717) is 11.1 Å². The van der Waals surface area contributed by atoms with E-state index < -0.39 is 26.0 Å². The number of hydrogen-bond acceptors (Lipinski definition) is 8. The molecule has 0 aromatic heterocycles. The molecule has 0 saturated carbocycles. The zero-order chi connectivity index (χ0) is 27.9. The van der Waals surface area contributed by atoms with E-state index in [1.54, 1.807) is 0 Å². The lowest BCUT2D eigenvalue weighted by atomic mass is 9.94. The summed E-state index contributed by atoms with van der Waals surface area (Å²) >= 11 is 12.9. The minimum absolute atomic E-state index is 0.0401. The lowest BCUT2D eigenvalue weighted by Crippen LogP contribution is -2.22. The summed E-state index contributed by atoms with van der Waals surface area (Å²) in [7, 11) is 3.74. The molecule has 0 atom stereocenters. The molecule has 2 aromatic rings. The van der Waals surface area contributed by atoms with Crippen LogP contribution in [0.4, 0.5) is 0 Å². The second-order valence-corrected chi connectivity index (χ2v) is 15.5. The maximum Gasteiger partial charge on any atom is 0.341 e. The third-order valence-corrected chi connectivity index (χ3v) is 7.55. The van der Waals surface area contributed by atoms with Gasteiger partial charge in [0.05, 0.1) is 45.1 Å². The van der Waals surface area contributed by atoms with E-state index in [-0.39, 0.29) is 44.9 Å². The van der Waals surface area contributed by atoms with Crippen LogP contribution in [0.25, 0.3) is 5.57 Å². The maximum absolute atomic E-state index is 12.9. The molecular formula is C26H30Cl2O8Si. The summed E-state index contributed by atoms with van der Waals surface area (Å²) in [6, 6.07) is 6.75. The monoisotopic (exact) mass is 568 g/mol. The molecule has 0 spiro atoms. The molecule has 2 rings (SSSR count). The Morgan fingerprint density at radius 2 is 1.22 bits per heavy atom. The molecule has 8 nitrogen and oxygen atoms in total. The van der Waals surface area contributed by atoms with Gasteiger partial charge in [0.15, 0.2) is 11.5 Å². The maximum atomic E-state index is 12.9. The third kappa shape index (κ3) is 7.74. The van der Waals surface area contributed by atoms with Gasteiger partial charge in [0, 0.05) is 14.1 Å². The fraction of sp³-hybridized carbons (Fsp3) is 0.346. The first-order chi connectivity index (χ1) is 17.4. The van der Waals surface area contributed by atoms with Crippen molar-refractivity contribution in [3.05, 3.63) is 62.6 Å². The van der Waals surface area contributed by atoms with Crippen LogP contribution in [0, 0.1) is 0 Å². The summed E-state index contributed by atoms with van der Waals surface area (Å²) in [5, 5.41) is 0.206. The smallest absolute Gasteiger partial charge is 0.341 e. The largest absolute Gasteiger partial charge is 0.494 e. The number of hydrogen-bond donors (Lipinski definition) is 0. The molecule has 0 N–H and O–H groups in total. The lowest BCUT2D eigenvalue weighted by Gasteiger charge is -2.17. The van der Waals surface area contributed by atoms with Crippen molar-refractivity contribution in [2.45, 2.75) is 25.7 Å². The van der Waals surface area contributed by atoms with Crippen LogP contribution in [0.5, 0.6) is 11.5 Å². The number of ether oxygens (including phenoxy) is 5. The highest BCUT2D eigenvalue weighted by atomic mass is 35.5. The van der Waals surface area contributed by atoms with Crippen LogP contribution in [0.2, 0.25) is 35.7 Å². The molecule has 0 aliphatic heterocycles. The van der Waals surface area contributed by atoms with Gasteiger partial charge in [0.1, 0.15) is 11.1 Å². The van der Waals surface area contributed by atoms with E-state index in [1.807, 2.05) is 0 Å². The van der Waals surface area contributed by atoms with Gasteiger partial charge in [-0.15, -0.1) is 0 Å². The molecule has 0 radical (unpaired) electrons. The second-order valence-electron chi connectivity index (χ2n) is 9.10. The molecule has 0 aliphatic carbocycles. The Kier molecular flexibility index (Phi) is 10.6. The van der Waals surface area contributed by atoms with Crippen molar-refractivity contribution in [2.75, 3.05) is 35.0 Å². The van der Waals surface area contributed by atoms with Crippen molar-refractivity contribution in [1.29, 1.82) is 0 Å². The van der Waals surface area contributed by atoms with Gasteiger partial charge in [-0.05, 0) is 47.0 Å². The summed E-state index contributed by atoms with van der Waals surface area (Å²) in [6.45, 7) is 6.77. The van der Waals surface area contributed by atoms with Gasteiger partial charge in [-0.25, -0.2) is 14.4 Å². The summed E-state index contributed by atoms with van der Waals surface area (Å²) in [4.78, 5) is 37.8. The van der Waals surface area contributed by atoms with Gasteiger partial charge in [0.25, 0.3) is 0 Å². The normalized spacial score (nSPS) is 10.8. The van der Waals surface area contributed by atoms with E-state index in [2.05, 4.69) is 19.6 Å². The van der Waals surface area contributed by atoms with Crippen LogP contribution in [-0.2, 0) is 19.0 Å². The zero-order valence-corrected chi connectivity index (χ0v) is 24.3. The summed E-state index contributed by atoms with van der Waals surface area (Å²) in [5.41, 5.74) is 1.06. The fourth-order valence-electron chi connectivity index (χ4n) is 3.39. The van der Waals surface area contributed by atoms with Gasteiger partial charge in [-0.3, -0.25) is 0 Å². The van der Waals surface area contributed by atoms with Crippen LogP contribution in [0.15, 0.2) is 30.3 Å². The lowest BCUT2D eigenvalue weighted by molar-refractivity contribution is -0.137. The Hall–Kier alpha value is -3.01. The number of halogens is 2. The van der Waals surface area contributed by atoms with E-state index in [1.165, 1.54) is 58.8 Å². The number of carbonyl (C=O) groups excluding carboxylic acids is 3. The number of carbonyl (C=O) groups is 3. The molecule has 37 heavy (non-hydrogen) atoms. The van der Waals surface area contributed by atoms with Crippen molar-refractivity contribution in [3.63, 3.8) is 0 Å². The van der Waals surface area contributed by atoms with Crippen LogP contribution in [-0.4, -0.2) is 61.0 Å². The highest BCUT2D eigenvalue weighted by molar-refractivity contribution is 6.76. The number of methoxy groups -OCH3 is 4. The molecule has 2 aromatic carbocycles. The zero-order valence-electron chi connectivity index (χ0n) is 21.8. The Balaban J connectivity index is 2.77. The highest BCUT2D eigenvalue weighted by Gasteiger charge is 2.24. The average Bonchev–Trinajstić information content (AvgIpc) is 2.84. The predicted octanol–water partition coefficient (Wildman–Crippen LogP) is 5.90. The molecule has 0 aliphatic rings. The quantitative estimate of drug-likeness (QED) is 0.151. The minimum atomic E-state index is -1.44. The summed E-state index contributed by atoms with van der Waals surface area (Å²) < 4.78 is 25.8. The molecule has 11 heteroatoms. The molecule has 0 unspecified atom stereocenters. The van der Waals surface area contributed by atoms with E-state index in [0.717, 1.165) is 6.04 Å². The molecule has 0 amide bonds. The van der Waals surface area contributed by atoms with Crippen molar-refractivity contribution >= 4 is 54.8 Å². The standard InChI is InChI=1S/C26H30Cl2O8Si/c1-32-23-18(25(30)34-3)10-15(12-20(23)27)17(14-22(29)36-8-9-37(5,6)7)16-11-19(26(31)35-4)24(33-2)21(28)13-16/h10-14H,8-9H2,1-7H3. The van der Waals surface area contributed by atoms with Crippen LogP contribution in [0.1, 0.15) is 31.8 Å². The summed E-state index contributed by atoms with van der Waals surface area (Å²) in [6.07, 6.45) is 1.25. The molecule has 0 heterocycles. The Bertz CT molecular complexity index is 1140. The number of rotatable bonds is 10. The van der Waals surface area contributed by atoms with Crippen molar-refractivity contribution in [3.8, 4) is 11.5 Å². The van der Waals surface area contributed by atoms with Crippen LogP contribution < -0.4 is 9.47 Å². The van der Waals surface area contributed by atoms with Crippen molar-refractivity contribution < 1.29 is 38.1 Å². The molecule has 0 bridgehead atoms. The molecular weight excluding hydrogens is 539 g/mol. The van der Waals surface area contributed by atoms with Gasteiger partial charge in [-0.1, -0.05) is 42.8 Å². The fourth-order valence-corrected chi connectivity index (χ4v) is 4.69. The SMILES string of the molecule is COC(=O)c1cc(C(=CC(=O)OCC[Si](C)(C)C)c2cc(Cl)c(OC)c(C(=O)OC)c2)cc(Cl)c1OC. The molecule has 0 saturated heterocycles. The second kappa shape index (κ2) is 13.0.